The van der Waals surface area contributed by atoms with Crippen LogP contribution < -0.4 is 10.1 Å². The van der Waals surface area contributed by atoms with E-state index in [1.54, 1.807) is 42.5 Å². The molecule has 1 amide bonds. The number of ether oxygens (including phenoxy) is 1. The summed E-state index contributed by atoms with van der Waals surface area (Å²) in [6, 6.07) is 11.8. The van der Waals surface area contributed by atoms with Gasteiger partial charge in [-0.2, -0.15) is 0 Å². The van der Waals surface area contributed by atoms with Crippen molar-refractivity contribution in [2.75, 3.05) is 11.9 Å². The molecule has 0 saturated heterocycles. The van der Waals surface area contributed by atoms with Gasteiger partial charge >= 0.3 is 0 Å². The van der Waals surface area contributed by atoms with Crippen LogP contribution in [0.2, 0.25) is 15.1 Å². The van der Waals surface area contributed by atoms with Crippen LogP contribution in [0, 0.1) is 0 Å². The molecule has 0 bridgehead atoms. The minimum atomic E-state index is -0.339. The first-order valence-electron chi connectivity index (χ1n) is 5.68. The van der Waals surface area contributed by atoms with E-state index in [9.17, 15) is 4.79 Å². The lowest BCUT2D eigenvalue weighted by molar-refractivity contribution is -0.118. The van der Waals surface area contributed by atoms with Gasteiger partial charge in [-0.3, -0.25) is 4.79 Å². The second-order valence-corrected chi connectivity index (χ2v) is 5.12. The third kappa shape index (κ3) is 4.04. The Hall–Kier alpha value is -1.42. The molecule has 104 valence electrons. The molecule has 0 aliphatic rings. The van der Waals surface area contributed by atoms with E-state index in [2.05, 4.69) is 5.32 Å². The molecule has 2 rings (SSSR count). The molecule has 0 aliphatic heterocycles. The molecule has 0 aromatic heterocycles. The van der Waals surface area contributed by atoms with Gasteiger partial charge in [-0.1, -0.05) is 46.9 Å². The number of anilines is 1. The fraction of sp³-hybridized carbons (Fsp3) is 0.0714. The third-order valence-electron chi connectivity index (χ3n) is 2.39. The van der Waals surface area contributed by atoms with Crippen LogP contribution in [0.5, 0.6) is 5.75 Å². The number of rotatable bonds is 4. The Balaban J connectivity index is 1.94. The van der Waals surface area contributed by atoms with Crippen LogP contribution in [0.1, 0.15) is 0 Å². The van der Waals surface area contributed by atoms with Gasteiger partial charge in [-0.05, 0) is 30.3 Å². The van der Waals surface area contributed by atoms with Gasteiger partial charge in [0.25, 0.3) is 5.91 Å². The molecular formula is C14H10Cl3NO2. The summed E-state index contributed by atoms with van der Waals surface area (Å²) < 4.78 is 5.32. The topological polar surface area (TPSA) is 38.3 Å². The number of hydrogen-bond acceptors (Lipinski definition) is 2. The second kappa shape index (κ2) is 6.84. The summed E-state index contributed by atoms with van der Waals surface area (Å²) in [7, 11) is 0. The lowest BCUT2D eigenvalue weighted by Gasteiger charge is -2.09. The first kappa shape index (κ1) is 15.0. The van der Waals surface area contributed by atoms with Gasteiger partial charge in [0.05, 0.1) is 15.7 Å². The molecule has 0 aliphatic carbocycles. The molecule has 0 atom stereocenters. The number of carbonyl (C=O) groups excluding carboxylic acids is 1. The van der Waals surface area contributed by atoms with Crippen molar-refractivity contribution in [1.82, 2.24) is 0 Å². The maximum Gasteiger partial charge on any atom is 0.262 e. The van der Waals surface area contributed by atoms with Crippen molar-refractivity contribution >= 4 is 46.4 Å². The Bertz CT molecular complexity index is 632. The van der Waals surface area contributed by atoms with Crippen molar-refractivity contribution in [2.24, 2.45) is 0 Å². The molecule has 2 aromatic rings. The quantitative estimate of drug-likeness (QED) is 0.885. The summed E-state index contributed by atoms with van der Waals surface area (Å²) in [5.41, 5.74) is 0.443. The van der Waals surface area contributed by atoms with Crippen LogP contribution >= 0.6 is 34.8 Å². The lowest BCUT2D eigenvalue weighted by Crippen LogP contribution is -2.20. The molecule has 1 N–H and O–H groups in total. The molecule has 3 nitrogen and oxygen atoms in total. The maximum absolute atomic E-state index is 11.8. The highest BCUT2D eigenvalue weighted by atomic mass is 35.5. The number of amides is 1. The number of benzene rings is 2. The van der Waals surface area contributed by atoms with Crippen molar-refractivity contribution in [2.45, 2.75) is 0 Å². The molecule has 0 heterocycles. The van der Waals surface area contributed by atoms with Crippen LogP contribution in [0.25, 0.3) is 0 Å². The summed E-state index contributed by atoms with van der Waals surface area (Å²) in [5, 5.41) is 3.84. The average Bonchev–Trinajstić information content (AvgIpc) is 2.42. The van der Waals surface area contributed by atoms with Crippen molar-refractivity contribution in [3.8, 4) is 5.75 Å². The SMILES string of the molecule is O=C(COc1cccc(Cl)c1)Nc1cccc(Cl)c1Cl. The molecular weight excluding hydrogens is 321 g/mol. The monoisotopic (exact) mass is 329 g/mol. The Labute approximate surface area is 131 Å². The molecule has 20 heavy (non-hydrogen) atoms. The van der Waals surface area contributed by atoms with E-state index < -0.39 is 0 Å². The summed E-state index contributed by atoms with van der Waals surface area (Å²) in [4.78, 5) is 11.8. The second-order valence-electron chi connectivity index (χ2n) is 3.90. The van der Waals surface area contributed by atoms with Gasteiger partial charge in [0.15, 0.2) is 6.61 Å². The van der Waals surface area contributed by atoms with E-state index in [1.807, 2.05) is 0 Å². The molecule has 0 saturated carbocycles. The Kier molecular flexibility index (Phi) is 5.12. The van der Waals surface area contributed by atoms with Crippen molar-refractivity contribution in [3.05, 3.63) is 57.5 Å². The van der Waals surface area contributed by atoms with E-state index in [-0.39, 0.29) is 12.5 Å². The molecule has 2 aromatic carbocycles. The Morgan fingerprint density at radius 3 is 2.60 bits per heavy atom. The fourth-order valence-electron chi connectivity index (χ4n) is 1.49. The van der Waals surface area contributed by atoms with Gasteiger partial charge in [0.2, 0.25) is 0 Å². The molecule has 0 unspecified atom stereocenters. The first-order chi connectivity index (χ1) is 9.56. The Morgan fingerprint density at radius 2 is 1.85 bits per heavy atom. The smallest absolute Gasteiger partial charge is 0.262 e. The van der Waals surface area contributed by atoms with Crippen LogP contribution in [0.3, 0.4) is 0 Å². The van der Waals surface area contributed by atoms with E-state index >= 15 is 0 Å². The number of hydrogen-bond donors (Lipinski definition) is 1. The van der Waals surface area contributed by atoms with E-state index in [4.69, 9.17) is 39.5 Å². The zero-order valence-electron chi connectivity index (χ0n) is 10.2. The molecule has 0 radical (unpaired) electrons. The predicted octanol–water partition coefficient (Wildman–Crippen LogP) is 4.66. The standard InChI is InChI=1S/C14H10Cl3NO2/c15-9-3-1-4-10(7-9)20-8-13(19)18-12-6-2-5-11(16)14(12)17/h1-7H,8H2,(H,18,19). The van der Waals surface area contributed by atoms with Crippen LogP contribution in [0.15, 0.2) is 42.5 Å². The molecule has 0 fully saturated rings. The van der Waals surface area contributed by atoms with Crippen molar-refractivity contribution < 1.29 is 9.53 Å². The highest BCUT2D eigenvalue weighted by Crippen LogP contribution is 2.29. The first-order valence-corrected chi connectivity index (χ1v) is 6.82. The minimum absolute atomic E-state index is 0.150. The lowest BCUT2D eigenvalue weighted by atomic mass is 10.3. The zero-order chi connectivity index (χ0) is 14.5. The van der Waals surface area contributed by atoms with Gasteiger partial charge in [-0.15, -0.1) is 0 Å². The summed E-state index contributed by atoms with van der Waals surface area (Å²) in [6.07, 6.45) is 0. The minimum Gasteiger partial charge on any atom is -0.484 e. The number of halogens is 3. The van der Waals surface area contributed by atoms with Gasteiger partial charge in [-0.25, -0.2) is 0 Å². The van der Waals surface area contributed by atoms with Crippen molar-refractivity contribution in [1.29, 1.82) is 0 Å². The Morgan fingerprint density at radius 1 is 1.10 bits per heavy atom. The van der Waals surface area contributed by atoms with Crippen LogP contribution in [-0.2, 0) is 4.79 Å². The van der Waals surface area contributed by atoms with E-state index in [0.29, 0.717) is 26.5 Å². The van der Waals surface area contributed by atoms with Crippen LogP contribution in [-0.4, -0.2) is 12.5 Å². The fourth-order valence-corrected chi connectivity index (χ4v) is 2.02. The summed E-state index contributed by atoms with van der Waals surface area (Å²) in [5.74, 6) is 0.180. The van der Waals surface area contributed by atoms with E-state index in [0.717, 1.165) is 0 Å². The number of carbonyl (C=O) groups is 1. The average molecular weight is 331 g/mol. The maximum atomic E-state index is 11.8. The predicted molar refractivity (Wildman–Crippen MR) is 82.0 cm³/mol. The highest BCUT2D eigenvalue weighted by molar-refractivity contribution is 6.44. The van der Waals surface area contributed by atoms with Crippen molar-refractivity contribution in [3.63, 3.8) is 0 Å². The van der Waals surface area contributed by atoms with Gasteiger partial charge in [0.1, 0.15) is 5.75 Å². The summed E-state index contributed by atoms with van der Waals surface area (Å²) >= 11 is 17.6. The third-order valence-corrected chi connectivity index (χ3v) is 3.45. The van der Waals surface area contributed by atoms with E-state index in [1.165, 1.54) is 0 Å². The molecule has 6 heteroatoms. The summed E-state index contributed by atoms with van der Waals surface area (Å²) in [6.45, 7) is -0.150. The zero-order valence-corrected chi connectivity index (χ0v) is 12.5. The van der Waals surface area contributed by atoms with Gasteiger partial charge in [0, 0.05) is 5.02 Å². The largest absolute Gasteiger partial charge is 0.484 e. The number of nitrogens with one attached hydrogen (secondary N) is 1. The normalized spacial score (nSPS) is 10.2. The van der Waals surface area contributed by atoms with Gasteiger partial charge < -0.3 is 10.1 Å². The highest BCUT2D eigenvalue weighted by Gasteiger charge is 2.09. The van der Waals surface area contributed by atoms with Crippen LogP contribution in [0.4, 0.5) is 5.69 Å². The molecule has 0 spiro atoms.